The van der Waals surface area contributed by atoms with Crippen LogP contribution in [0, 0.1) is 0 Å². The van der Waals surface area contributed by atoms with Gasteiger partial charge in [-0.1, -0.05) is 56.3 Å². The lowest BCUT2D eigenvalue weighted by molar-refractivity contribution is -0.132. The molecule has 0 radical (unpaired) electrons. The fourth-order valence-electron chi connectivity index (χ4n) is 4.59. The van der Waals surface area contributed by atoms with Crippen molar-refractivity contribution in [2.24, 2.45) is 0 Å². The highest BCUT2D eigenvalue weighted by molar-refractivity contribution is 5.79. The Balaban J connectivity index is 1.45. The van der Waals surface area contributed by atoms with Gasteiger partial charge >= 0.3 is 0 Å². The predicted molar refractivity (Wildman–Crippen MR) is 119 cm³/mol. The Labute approximate surface area is 174 Å². The van der Waals surface area contributed by atoms with Crippen molar-refractivity contribution >= 4 is 11.6 Å². The zero-order chi connectivity index (χ0) is 20.4. The number of likely N-dealkylation sites (tertiary alicyclic amines) is 1. The lowest BCUT2D eigenvalue weighted by atomic mass is 9.82. The van der Waals surface area contributed by atoms with E-state index in [-0.39, 0.29) is 11.4 Å². The first-order valence-corrected chi connectivity index (χ1v) is 10.9. The number of nitrogens with one attached hydrogen (secondary N) is 1. The highest BCUT2D eigenvalue weighted by Crippen LogP contribution is 2.34. The Bertz CT molecular complexity index is 851. The molecule has 4 heteroatoms. The molecule has 1 saturated heterocycles. The van der Waals surface area contributed by atoms with Crippen LogP contribution in [-0.2, 0) is 17.9 Å². The number of fused-ring (bicyclic) bond motifs is 1. The number of piperidine rings is 1. The smallest absolute Gasteiger partial charge is 0.224 e. The molecule has 1 N–H and O–H groups in total. The number of hydrogen-bond acceptors (Lipinski definition) is 3. The van der Waals surface area contributed by atoms with Crippen molar-refractivity contribution in [1.29, 1.82) is 0 Å². The van der Waals surface area contributed by atoms with E-state index >= 15 is 0 Å². The third-order valence-electron chi connectivity index (χ3n) is 6.61. The minimum absolute atomic E-state index is 0.139. The molecule has 2 aromatic rings. The van der Waals surface area contributed by atoms with Crippen molar-refractivity contribution in [3.8, 4) is 0 Å². The standard InChI is InChI=1S/C25H33N3O/c1-19(2)21-10-8-20(9-11-21)17-28-14-12-25(13-15-28)16-24(29)27(3)18-22-6-4-5-7-23(22)26-25/h4-11,19,26H,12-18H2,1-3H3. The first kappa shape index (κ1) is 20.0. The van der Waals surface area contributed by atoms with E-state index in [2.05, 4.69) is 72.6 Å². The van der Waals surface area contributed by atoms with Gasteiger partial charge in [-0.05, 0) is 41.5 Å². The summed E-state index contributed by atoms with van der Waals surface area (Å²) in [5, 5.41) is 3.80. The topological polar surface area (TPSA) is 35.6 Å². The van der Waals surface area contributed by atoms with Gasteiger partial charge in [-0.25, -0.2) is 0 Å². The van der Waals surface area contributed by atoms with Gasteiger partial charge in [-0.3, -0.25) is 9.69 Å². The highest BCUT2D eigenvalue weighted by Gasteiger charge is 2.38. The van der Waals surface area contributed by atoms with Crippen LogP contribution in [0.2, 0.25) is 0 Å². The second kappa shape index (κ2) is 8.19. The second-order valence-corrected chi connectivity index (χ2v) is 9.16. The first-order chi connectivity index (χ1) is 13.9. The summed E-state index contributed by atoms with van der Waals surface area (Å²) in [5.41, 5.74) is 5.02. The molecule has 2 heterocycles. The van der Waals surface area contributed by atoms with Gasteiger partial charge in [0.1, 0.15) is 0 Å². The van der Waals surface area contributed by atoms with Gasteiger partial charge in [0, 0.05) is 50.9 Å². The van der Waals surface area contributed by atoms with E-state index in [9.17, 15) is 4.79 Å². The molecular weight excluding hydrogens is 358 g/mol. The Morgan fingerprint density at radius 3 is 2.41 bits per heavy atom. The average molecular weight is 392 g/mol. The molecule has 1 spiro atoms. The Hall–Kier alpha value is -2.33. The van der Waals surface area contributed by atoms with Crippen molar-refractivity contribution in [2.75, 3.05) is 25.5 Å². The molecule has 2 aliphatic heterocycles. The Kier molecular flexibility index (Phi) is 5.64. The molecule has 0 aromatic heterocycles. The highest BCUT2D eigenvalue weighted by atomic mass is 16.2. The van der Waals surface area contributed by atoms with Gasteiger partial charge in [-0.15, -0.1) is 0 Å². The third kappa shape index (κ3) is 4.48. The molecule has 4 nitrogen and oxygen atoms in total. The molecule has 0 atom stereocenters. The van der Waals surface area contributed by atoms with Crippen molar-refractivity contribution in [3.63, 3.8) is 0 Å². The van der Waals surface area contributed by atoms with E-state index in [1.165, 1.54) is 22.4 Å². The van der Waals surface area contributed by atoms with E-state index in [0.717, 1.165) is 32.5 Å². The van der Waals surface area contributed by atoms with Crippen LogP contribution < -0.4 is 5.32 Å². The van der Waals surface area contributed by atoms with Gasteiger partial charge in [-0.2, -0.15) is 0 Å². The molecule has 154 valence electrons. The fraction of sp³-hybridized carbons (Fsp3) is 0.480. The number of rotatable bonds is 3. The molecule has 1 amide bonds. The molecule has 4 rings (SSSR count). The van der Waals surface area contributed by atoms with Crippen LogP contribution in [-0.4, -0.2) is 41.4 Å². The summed E-state index contributed by atoms with van der Waals surface area (Å²) in [4.78, 5) is 17.2. The fourth-order valence-corrected chi connectivity index (χ4v) is 4.59. The molecule has 29 heavy (non-hydrogen) atoms. The van der Waals surface area contributed by atoms with E-state index in [1.54, 1.807) is 0 Å². The minimum Gasteiger partial charge on any atom is -0.379 e. The monoisotopic (exact) mass is 391 g/mol. The molecule has 0 saturated carbocycles. The zero-order valence-electron chi connectivity index (χ0n) is 17.9. The van der Waals surface area contributed by atoms with Crippen LogP contribution in [0.1, 0.15) is 55.7 Å². The van der Waals surface area contributed by atoms with Crippen LogP contribution in [0.15, 0.2) is 48.5 Å². The van der Waals surface area contributed by atoms with E-state index in [4.69, 9.17) is 0 Å². The first-order valence-electron chi connectivity index (χ1n) is 10.9. The summed E-state index contributed by atoms with van der Waals surface area (Å²) in [7, 11) is 1.92. The average Bonchev–Trinajstić information content (AvgIpc) is 2.71. The maximum atomic E-state index is 12.8. The van der Waals surface area contributed by atoms with Gasteiger partial charge in [0.2, 0.25) is 5.91 Å². The second-order valence-electron chi connectivity index (χ2n) is 9.16. The number of hydrogen-bond donors (Lipinski definition) is 1. The van der Waals surface area contributed by atoms with Crippen molar-refractivity contribution in [3.05, 3.63) is 65.2 Å². The maximum Gasteiger partial charge on any atom is 0.224 e. The molecule has 0 unspecified atom stereocenters. The summed E-state index contributed by atoms with van der Waals surface area (Å²) in [6, 6.07) is 17.5. The number of carbonyl (C=O) groups excluding carboxylic acids is 1. The minimum atomic E-state index is -0.139. The lowest BCUT2D eigenvalue weighted by Gasteiger charge is -2.45. The van der Waals surface area contributed by atoms with Gasteiger partial charge in [0.25, 0.3) is 0 Å². The summed E-state index contributed by atoms with van der Waals surface area (Å²) in [5.74, 6) is 0.813. The molecule has 2 aliphatic rings. The van der Waals surface area contributed by atoms with Crippen LogP contribution in [0.25, 0.3) is 0 Å². The van der Waals surface area contributed by atoms with Gasteiger partial charge in [0.05, 0.1) is 0 Å². The Morgan fingerprint density at radius 2 is 1.72 bits per heavy atom. The summed E-state index contributed by atoms with van der Waals surface area (Å²) in [6.45, 7) is 8.15. The zero-order valence-corrected chi connectivity index (χ0v) is 17.9. The van der Waals surface area contributed by atoms with Crippen molar-refractivity contribution in [1.82, 2.24) is 9.80 Å². The molecule has 2 aromatic carbocycles. The van der Waals surface area contributed by atoms with E-state index in [0.29, 0.717) is 18.9 Å². The van der Waals surface area contributed by atoms with Crippen LogP contribution in [0.4, 0.5) is 5.69 Å². The number of anilines is 1. The summed E-state index contributed by atoms with van der Waals surface area (Å²) < 4.78 is 0. The quantitative estimate of drug-likeness (QED) is 0.829. The Morgan fingerprint density at radius 1 is 1.03 bits per heavy atom. The van der Waals surface area contributed by atoms with E-state index in [1.807, 2.05) is 11.9 Å². The summed E-state index contributed by atoms with van der Waals surface area (Å²) in [6.07, 6.45) is 2.56. The molecule has 1 fully saturated rings. The number of nitrogens with zero attached hydrogens (tertiary/aromatic N) is 2. The molecule has 0 bridgehead atoms. The van der Waals surface area contributed by atoms with E-state index < -0.39 is 0 Å². The number of carbonyl (C=O) groups is 1. The maximum absolute atomic E-state index is 12.8. The van der Waals surface area contributed by atoms with Crippen LogP contribution in [0.3, 0.4) is 0 Å². The van der Waals surface area contributed by atoms with Crippen LogP contribution >= 0.6 is 0 Å². The largest absolute Gasteiger partial charge is 0.379 e. The number of benzene rings is 2. The van der Waals surface area contributed by atoms with Crippen LogP contribution in [0.5, 0.6) is 0 Å². The number of amides is 1. The number of para-hydroxylation sites is 1. The van der Waals surface area contributed by atoms with Crippen molar-refractivity contribution < 1.29 is 4.79 Å². The third-order valence-corrected chi connectivity index (χ3v) is 6.61. The SMILES string of the molecule is CC(C)c1ccc(CN2CCC3(CC2)CC(=O)N(C)Cc2ccccc2N3)cc1. The predicted octanol–water partition coefficient (Wildman–Crippen LogP) is 4.62. The van der Waals surface area contributed by atoms with Gasteiger partial charge in [0.15, 0.2) is 0 Å². The van der Waals surface area contributed by atoms with Crippen molar-refractivity contribution in [2.45, 2.75) is 57.7 Å². The summed E-state index contributed by atoms with van der Waals surface area (Å²) >= 11 is 0. The molecular formula is C25H33N3O. The van der Waals surface area contributed by atoms with Gasteiger partial charge < -0.3 is 10.2 Å². The molecule has 0 aliphatic carbocycles. The normalized spacial score (nSPS) is 19.6. The lowest BCUT2D eigenvalue weighted by Crippen LogP contribution is -2.52.